The number of rotatable bonds is 13. The quantitative estimate of drug-likeness (QED) is 0.286. The van der Waals surface area contributed by atoms with Crippen molar-refractivity contribution in [3.63, 3.8) is 0 Å². The highest BCUT2D eigenvalue weighted by Crippen LogP contribution is 2.40. The van der Waals surface area contributed by atoms with Gasteiger partial charge in [-0.25, -0.2) is 5.43 Å². The molecule has 1 fully saturated rings. The SMILES string of the molecule is CCCN(CCO)CC1=C(Oc2ccc(NCC3CC3)c(NNC)c2Br)N(C)CC(Cl)=C1. The van der Waals surface area contributed by atoms with Gasteiger partial charge in [0.15, 0.2) is 0 Å². The van der Waals surface area contributed by atoms with Gasteiger partial charge in [0.25, 0.3) is 0 Å². The van der Waals surface area contributed by atoms with Gasteiger partial charge in [-0.05, 0) is 65.9 Å². The minimum atomic E-state index is 0.122. The first kappa shape index (κ1) is 25.2. The molecule has 1 saturated carbocycles. The average Bonchev–Trinajstić information content (AvgIpc) is 3.57. The van der Waals surface area contributed by atoms with Crippen molar-refractivity contribution in [3.05, 3.63) is 39.2 Å². The Kier molecular flexibility index (Phi) is 9.55. The van der Waals surface area contributed by atoms with Crippen molar-refractivity contribution < 1.29 is 9.84 Å². The standard InChI is InChI=1S/C23H35BrClN5O2/c1-4-9-30(10-11-31)14-17-12-18(25)15-29(3)23(17)32-20-8-7-19(27-13-16-5-6-16)22(21(20)24)28-26-2/h7-8,12,16,26-28,31H,4-6,9-11,13-15H2,1-3H3. The fourth-order valence-corrected chi connectivity index (χ4v) is 4.61. The zero-order valence-electron chi connectivity index (χ0n) is 19.2. The van der Waals surface area contributed by atoms with E-state index in [-0.39, 0.29) is 6.61 Å². The Balaban J connectivity index is 1.88. The second kappa shape index (κ2) is 12.1. The van der Waals surface area contributed by atoms with Crippen LogP contribution >= 0.6 is 27.5 Å². The zero-order chi connectivity index (χ0) is 23.1. The van der Waals surface area contributed by atoms with Crippen LogP contribution in [0.2, 0.25) is 0 Å². The molecule has 0 amide bonds. The third kappa shape index (κ3) is 6.78. The summed E-state index contributed by atoms with van der Waals surface area (Å²) in [6, 6.07) is 4.03. The summed E-state index contributed by atoms with van der Waals surface area (Å²) in [5.41, 5.74) is 9.18. The van der Waals surface area contributed by atoms with Crippen LogP contribution in [-0.2, 0) is 0 Å². The lowest BCUT2D eigenvalue weighted by atomic mass is 10.1. The lowest BCUT2D eigenvalue weighted by Gasteiger charge is -2.31. The van der Waals surface area contributed by atoms with E-state index in [1.165, 1.54) is 12.8 Å². The molecule has 7 nitrogen and oxygen atoms in total. The number of hydrazine groups is 1. The first-order valence-corrected chi connectivity index (χ1v) is 12.4. The molecule has 4 N–H and O–H groups in total. The summed E-state index contributed by atoms with van der Waals surface area (Å²) in [5.74, 6) is 2.26. The Morgan fingerprint density at radius 1 is 1.31 bits per heavy atom. The molecular weight excluding hydrogens is 494 g/mol. The molecule has 0 unspecified atom stereocenters. The van der Waals surface area contributed by atoms with Crippen LogP contribution in [-0.4, -0.2) is 68.3 Å². The van der Waals surface area contributed by atoms with Crippen LogP contribution in [0.3, 0.4) is 0 Å². The summed E-state index contributed by atoms with van der Waals surface area (Å²) >= 11 is 10.2. The normalized spacial score (nSPS) is 16.5. The monoisotopic (exact) mass is 527 g/mol. The molecule has 0 atom stereocenters. The number of nitrogens with zero attached hydrogens (tertiary/aromatic N) is 2. The summed E-state index contributed by atoms with van der Waals surface area (Å²) in [5, 5.41) is 13.8. The molecule has 1 heterocycles. The number of nitrogens with one attached hydrogen (secondary N) is 3. The number of benzene rings is 1. The second-order valence-corrected chi connectivity index (χ2v) is 9.66. The van der Waals surface area contributed by atoms with E-state index in [2.05, 4.69) is 43.9 Å². The van der Waals surface area contributed by atoms with Crippen molar-refractivity contribution in [2.45, 2.75) is 26.2 Å². The minimum Gasteiger partial charge on any atom is -0.440 e. The molecule has 3 rings (SSSR count). The average molecular weight is 529 g/mol. The van der Waals surface area contributed by atoms with Crippen LogP contribution < -0.4 is 20.9 Å². The largest absolute Gasteiger partial charge is 0.440 e. The van der Waals surface area contributed by atoms with Crippen LogP contribution in [0.5, 0.6) is 5.75 Å². The molecule has 0 bridgehead atoms. The van der Waals surface area contributed by atoms with Crippen molar-refractivity contribution in [3.8, 4) is 5.75 Å². The molecule has 1 aliphatic carbocycles. The molecule has 1 aromatic carbocycles. The van der Waals surface area contributed by atoms with Gasteiger partial charge in [0.1, 0.15) is 5.75 Å². The van der Waals surface area contributed by atoms with E-state index in [0.29, 0.717) is 19.6 Å². The molecule has 1 aromatic rings. The molecule has 2 aliphatic rings. The molecular formula is C23H35BrClN5O2. The summed E-state index contributed by atoms with van der Waals surface area (Å²) in [7, 11) is 3.82. The van der Waals surface area contributed by atoms with Gasteiger partial charge in [0, 0.05) is 44.3 Å². The van der Waals surface area contributed by atoms with Gasteiger partial charge in [0.2, 0.25) is 5.88 Å². The van der Waals surface area contributed by atoms with E-state index in [1.54, 1.807) is 0 Å². The van der Waals surface area contributed by atoms with Gasteiger partial charge >= 0.3 is 0 Å². The second-order valence-electron chi connectivity index (χ2n) is 8.38. The predicted molar refractivity (Wildman–Crippen MR) is 136 cm³/mol. The number of anilines is 2. The number of likely N-dealkylation sites (N-methyl/N-ethyl adjacent to an activating group) is 1. The van der Waals surface area contributed by atoms with Crippen molar-refractivity contribution >= 4 is 38.9 Å². The number of hydrogen-bond donors (Lipinski definition) is 4. The van der Waals surface area contributed by atoms with E-state index >= 15 is 0 Å². The fourth-order valence-electron chi connectivity index (χ4n) is 3.78. The van der Waals surface area contributed by atoms with Crippen LogP contribution in [0.15, 0.2) is 39.2 Å². The Bertz CT molecular complexity index is 838. The molecule has 9 heteroatoms. The first-order chi connectivity index (χ1) is 15.5. The zero-order valence-corrected chi connectivity index (χ0v) is 21.5. The number of hydrogen-bond acceptors (Lipinski definition) is 7. The molecule has 0 spiro atoms. The molecule has 0 saturated heterocycles. The number of halogens is 2. The van der Waals surface area contributed by atoms with E-state index in [1.807, 2.05) is 37.2 Å². The van der Waals surface area contributed by atoms with Crippen molar-refractivity contribution in [1.29, 1.82) is 0 Å². The van der Waals surface area contributed by atoms with Crippen molar-refractivity contribution in [1.82, 2.24) is 15.2 Å². The fraction of sp³-hybridized carbons (Fsp3) is 0.565. The number of ether oxygens (including phenoxy) is 1. The summed E-state index contributed by atoms with van der Waals surface area (Å²) < 4.78 is 7.31. The maximum absolute atomic E-state index is 9.46. The Hall–Kier alpha value is -1.45. The van der Waals surface area contributed by atoms with Crippen molar-refractivity contribution in [2.75, 3.05) is 64.2 Å². The van der Waals surface area contributed by atoms with E-state index in [9.17, 15) is 5.11 Å². The van der Waals surface area contributed by atoms with Gasteiger partial charge in [-0.1, -0.05) is 18.5 Å². The van der Waals surface area contributed by atoms with Gasteiger partial charge in [0.05, 0.1) is 29.0 Å². The third-order valence-corrected chi connectivity index (χ3v) is 6.55. The Morgan fingerprint density at radius 3 is 2.75 bits per heavy atom. The van der Waals surface area contributed by atoms with E-state index < -0.39 is 0 Å². The maximum Gasteiger partial charge on any atom is 0.200 e. The summed E-state index contributed by atoms with van der Waals surface area (Å²) in [6.45, 7) is 5.99. The van der Waals surface area contributed by atoms with Crippen LogP contribution in [0.4, 0.5) is 11.4 Å². The number of aliphatic hydroxyl groups is 1. The Morgan fingerprint density at radius 2 is 2.09 bits per heavy atom. The third-order valence-electron chi connectivity index (χ3n) is 5.53. The Labute approximate surface area is 204 Å². The minimum absolute atomic E-state index is 0.122. The van der Waals surface area contributed by atoms with Gasteiger partial charge in [-0.3, -0.25) is 4.90 Å². The van der Waals surface area contributed by atoms with Crippen LogP contribution in [0.25, 0.3) is 0 Å². The smallest absolute Gasteiger partial charge is 0.200 e. The molecule has 0 radical (unpaired) electrons. The highest BCUT2D eigenvalue weighted by molar-refractivity contribution is 9.10. The maximum atomic E-state index is 9.46. The van der Waals surface area contributed by atoms with Gasteiger partial charge in [-0.2, -0.15) is 0 Å². The molecule has 1 aliphatic heterocycles. The topological polar surface area (TPSA) is 72.0 Å². The lowest BCUT2D eigenvalue weighted by Crippen LogP contribution is -2.34. The van der Waals surface area contributed by atoms with Gasteiger partial charge in [-0.15, -0.1) is 0 Å². The van der Waals surface area contributed by atoms with Crippen LogP contribution in [0.1, 0.15) is 26.2 Å². The van der Waals surface area contributed by atoms with Crippen LogP contribution in [0, 0.1) is 5.92 Å². The number of aliphatic hydroxyl groups excluding tert-OH is 1. The van der Waals surface area contributed by atoms with Gasteiger partial charge < -0.3 is 25.5 Å². The lowest BCUT2D eigenvalue weighted by molar-refractivity contribution is 0.198. The first-order valence-electron chi connectivity index (χ1n) is 11.3. The highest BCUT2D eigenvalue weighted by Gasteiger charge is 2.24. The summed E-state index contributed by atoms with van der Waals surface area (Å²) in [4.78, 5) is 4.24. The van der Waals surface area contributed by atoms with E-state index in [0.717, 1.165) is 63.5 Å². The molecule has 0 aromatic heterocycles. The highest BCUT2D eigenvalue weighted by atomic mass is 79.9. The summed E-state index contributed by atoms with van der Waals surface area (Å²) in [6.07, 6.45) is 5.60. The molecule has 32 heavy (non-hydrogen) atoms. The predicted octanol–water partition coefficient (Wildman–Crippen LogP) is 4.18. The van der Waals surface area contributed by atoms with E-state index in [4.69, 9.17) is 16.3 Å². The van der Waals surface area contributed by atoms with Crippen molar-refractivity contribution in [2.24, 2.45) is 5.92 Å². The molecule has 178 valence electrons.